The van der Waals surface area contributed by atoms with Gasteiger partial charge in [-0.3, -0.25) is 0 Å². The largest absolute Gasteiger partial charge is 0.368 e. The van der Waals surface area contributed by atoms with Crippen LogP contribution in [0.25, 0.3) is 0 Å². The van der Waals surface area contributed by atoms with E-state index in [4.69, 9.17) is 0 Å². The lowest BCUT2D eigenvalue weighted by molar-refractivity contribution is 0.305. The second kappa shape index (κ2) is 14.1. The molecule has 7 rings (SSSR count). The highest BCUT2D eigenvalue weighted by Gasteiger charge is 2.43. The van der Waals surface area contributed by atoms with Crippen molar-refractivity contribution in [1.29, 1.82) is 0 Å². The lowest BCUT2D eigenvalue weighted by Gasteiger charge is -2.37. The van der Waals surface area contributed by atoms with Gasteiger partial charge in [0, 0.05) is 49.0 Å². The Morgan fingerprint density at radius 1 is 0.898 bits per heavy atom. The molecule has 8 nitrogen and oxygen atoms in total. The van der Waals surface area contributed by atoms with Crippen LogP contribution in [0.4, 0.5) is 21.5 Å². The number of hydrogen-bond donors (Lipinski definition) is 0. The van der Waals surface area contributed by atoms with E-state index in [1.165, 1.54) is 16.9 Å². The Labute approximate surface area is 290 Å². The smallest absolute Gasteiger partial charge is 0.128 e. The highest BCUT2D eigenvalue weighted by Crippen LogP contribution is 2.47. The van der Waals surface area contributed by atoms with Crippen molar-refractivity contribution in [3.05, 3.63) is 114 Å². The normalized spacial score (nSPS) is 21.6. The molecular weight excluding hydrogens is 611 g/mol. The van der Waals surface area contributed by atoms with Gasteiger partial charge >= 0.3 is 0 Å². The van der Waals surface area contributed by atoms with Gasteiger partial charge in [0.2, 0.25) is 0 Å². The molecule has 0 N–H and O–H groups in total. The topological polar surface area (TPSA) is 56.0 Å². The summed E-state index contributed by atoms with van der Waals surface area (Å²) in [4.78, 5) is 8.83. The molecule has 3 atom stereocenters. The second-order valence-corrected chi connectivity index (χ2v) is 14.3. The van der Waals surface area contributed by atoms with E-state index in [1.54, 1.807) is 23.3 Å². The van der Waals surface area contributed by atoms with Crippen molar-refractivity contribution in [1.82, 2.24) is 19.9 Å². The van der Waals surface area contributed by atoms with E-state index in [-0.39, 0.29) is 11.2 Å². The number of piperazine rings is 1. The SMILES string of the molecule is C=C1N(c2ccc(N3CCN(c4ccc(CCC5CCC(Cn6nccn6)(c6ccc(C)cc6F)C5)cc4)CC3)cc2)N=CN1C(C)CC. The van der Waals surface area contributed by atoms with Gasteiger partial charge < -0.3 is 14.7 Å². The summed E-state index contributed by atoms with van der Waals surface area (Å²) in [5.74, 6) is 1.34. The van der Waals surface area contributed by atoms with Crippen molar-refractivity contribution >= 4 is 23.4 Å². The second-order valence-electron chi connectivity index (χ2n) is 14.3. The Kier molecular flexibility index (Phi) is 9.43. The van der Waals surface area contributed by atoms with Crippen LogP contribution >= 0.6 is 0 Å². The third kappa shape index (κ3) is 6.94. The lowest BCUT2D eigenvalue weighted by atomic mass is 9.77. The van der Waals surface area contributed by atoms with Crippen LogP contribution in [0.3, 0.4) is 0 Å². The number of aromatic nitrogens is 3. The highest BCUT2D eigenvalue weighted by atomic mass is 19.1. The predicted octanol–water partition coefficient (Wildman–Crippen LogP) is 7.76. The van der Waals surface area contributed by atoms with E-state index in [2.05, 4.69) is 99.0 Å². The van der Waals surface area contributed by atoms with Gasteiger partial charge in [0.1, 0.15) is 18.0 Å². The van der Waals surface area contributed by atoms with Crippen LogP contribution in [0, 0.1) is 18.7 Å². The van der Waals surface area contributed by atoms with Crippen molar-refractivity contribution < 1.29 is 4.39 Å². The summed E-state index contributed by atoms with van der Waals surface area (Å²) in [5.41, 5.74) is 6.43. The summed E-state index contributed by atoms with van der Waals surface area (Å²) in [5, 5.41) is 15.3. The number of benzene rings is 3. The standard InChI is InChI=1S/C40H49FN8/c1-5-31(3)47-29-44-49(32(47)4)37-15-13-36(14-16-37)46-24-22-45(23-25-46)35-11-9-33(10-12-35)7-8-34-18-19-40(27-34,28-48-42-20-21-43-48)38-17-6-30(2)26-39(38)41/h6,9-17,20-21,26,29,31,34H,4-5,7-8,18-19,22-25,27-28H2,1-3H3. The van der Waals surface area contributed by atoms with Crippen LogP contribution in [0.15, 0.2) is 96.6 Å². The average molecular weight is 661 g/mol. The molecule has 1 aromatic heterocycles. The fourth-order valence-corrected chi connectivity index (χ4v) is 8.01. The number of aryl methyl sites for hydroxylation is 2. The third-order valence-electron chi connectivity index (χ3n) is 11.1. The average Bonchev–Trinajstić information content (AvgIpc) is 3.88. The van der Waals surface area contributed by atoms with Crippen molar-refractivity contribution in [2.45, 2.75) is 77.3 Å². The first-order valence-electron chi connectivity index (χ1n) is 17.9. The number of anilines is 3. The Bertz CT molecular complexity index is 1740. The van der Waals surface area contributed by atoms with E-state index in [0.29, 0.717) is 18.5 Å². The fraction of sp³-hybridized carbons (Fsp3) is 0.425. The number of nitrogens with zero attached hydrogens (tertiary/aromatic N) is 8. The molecule has 3 heterocycles. The molecule has 1 saturated carbocycles. The van der Waals surface area contributed by atoms with Gasteiger partial charge in [0.25, 0.3) is 0 Å². The maximum atomic E-state index is 15.3. The number of rotatable bonds is 11. The minimum Gasteiger partial charge on any atom is -0.368 e. The van der Waals surface area contributed by atoms with Crippen LogP contribution in [0.5, 0.6) is 0 Å². The van der Waals surface area contributed by atoms with Crippen molar-refractivity contribution in [2.24, 2.45) is 11.0 Å². The zero-order chi connectivity index (χ0) is 34.0. The molecule has 0 bridgehead atoms. The molecule has 1 aliphatic carbocycles. The predicted molar refractivity (Wildman–Crippen MR) is 198 cm³/mol. The molecule has 4 aromatic rings. The first-order valence-corrected chi connectivity index (χ1v) is 17.9. The maximum absolute atomic E-state index is 15.3. The molecule has 2 aliphatic heterocycles. The summed E-state index contributed by atoms with van der Waals surface area (Å²) in [6, 6.07) is 23.9. The quantitative estimate of drug-likeness (QED) is 0.164. The molecule has 1 saturated heterocycles. The Morgan fingerprint density at radius 3 is 2.16 bits per heavy atom. The van der Waals surface area contributed by atoms with Crippen molar-refractivity contribution in [3.8, 4) is 0 Å². The van der Waals surface area contributed by atoms with Crippen LogP contribution in [-0.4, -0.2) is 58.5 Å². The van der Waals surface area contributed by atoms with Gasteiger partial charge in [0.15, 0.2) is 0 Å². The monoisotopic (exact) mass is 660 g/mol. The molecule has 0 radical (unpaired) electrons. The van der Waals surface area contributed by atoms with E-state index in [1.807, 2.05) is 30.4 Å². The minimum absolute atomic E-state index is 0.102. The van der Waals surface area contributed by atoms with Gasteiger partial charge in [0.05, 0.1) is 24.6 Å². The number of hydrogen-bond acceptors (Lipinski definition) is 7. The first-order chi connectivity index (χ1) is 23.8. The van der Waals surface area contributed by atoms with Crippen molar-refractivity contribution in [3.63, 3.8) is 0 Å². The Hall–Kier alpha value is -4.66. The Morgan fingerprint density at radius 2 is 1.53 bits per heavy atom. The van der Waals surface area contributed by atoms with E-state index in [9.17, 15) is 0 Å². The molecule has 3 unspecified atom stereocenters. The number of halogens is 1. The third-order valence-corrected chi connectivity index (χ3v) is 11.1. The molecular formula is C40H49FN8. The summed E-state index contributed by atoms with van der Waals surface area (Å²) < 4.78 is 15.3. The summed E-state index contributed by atoms with van der Waals surface area (Å²) >= 11 is 0. The molecule has 0 amide bonds. The van der Waals surface area contributed by atoms with Crippen LogP contribution in [-0.2, 0) is 18.4 Å². The first kappa shape index (κ1) is 32.9. The lowest BCUT2D eigenvalue weighted by Crippen LogP contribution is -2.46. The zero-order valence-electron chi connectivity index (χ0n) is 29.2. The maximum Gasteiger partial charge on any atom is 0.128 e. The summed E-state index contributed by atoms with van der Waals surface area (Å²) in [7, 11) is 0. The molecule has 0 spiro atoms. The molecule has 3 aliphatic rings. The van der Waals surface area contributed by atoms with E-state index in [0.717, 1.165) is 87.3 Å². The fourth-order valence-electron chi connectivity index (χ4n) is 8.01. The molecule has 49 heavy (non-hydrogen) atoms. The minimum atomic E-state index is -0.276. The van der Waals surface area contributed by atoms with Crippen LogP contribution < -0.4 is 14.8 Å². The van der Waals surface area contributed by atoms with Gasteiger partial charge in [-0.2, -0.15) is 20.1 Å². The molecule has 256 valence electrons. The van der Waals surface area contributed by atoms with Crippen LogP contribution in [0.1, 0.15) is 62.6 Å². The van der Waals surface area contributed by atoms with E-state index < -0.39 is 0 Å². The summed E-state index contributed by atoms with van der Waals surface area (Å²) in [6.45, 7) is 15.2. The van der Waals surface area contributed by atoms with E-state index >= 15 is 4.39 Å². The molecule has 9 heteroatoms. The van der Waals surface area contributed by atoms with Gasteiger partial charge in [-0.15, -0.1) is 0 Å². The van der Waals surface area contributed by atoms with Gasteiger partial charge in [-0.05, 0) is 117 Å². The van der Waals surface area contributed by atoms with Gasteiger partial charge in [-0.1, -0.05) is 37.8 Å². The Balaban J connectivity index is 0.911. The van der Waals surface area contributed by atoms with Gasteiger partial charge in [-0.25, -0.2) is 9.40 Å². The zero-order valence-corrected chi connectivity index (χ0v) is 29.2. The summed E-state index contributed by atoms with van der Waals surface area (Å²) in [6.07, 6.45) is 11.5. The van der Waals surface area contributed by atoms with Crippen LogP contribution in [0.2, 0.25) is 0 Å². The van der Waals surface area contributed by atoms with Crippen molar-refractivity contribution in [2.75, 3.05) is 41.0 Å². The molecule has 3 aromatic carbocycles. The molecule has 2 fully saturated rings. The number of hydrazone groups is 1. The highest BCUT2D eigenvalue weighted by molar-refractivity contribution is 5.70.